The maximum absolute atomic E-state index is 13.0. The molecule has 0 saturated heterocycles. The second-order valence-electron chi connectivity index (χ2n) is 5.27. The lowest BCUT2D eigenvalue weighted by atomic mass is 9.75. The molecule has 1 aliphatic rings. The van der Waals surface area contributed by atoms with E-state index in [4.69, 9.17) is 10.5 Å². The van der Waals surface area contributed by atoms with E-state index in [0.717, 1.165) is 6.07 Å². The van der Waals surface area contributed by atoms with Crippen LogP contribution in [-0.2, 0) is 11.7 Å². The lowest BCUT2D eigenvalue weighted by Gasteiger charge is -2.37. The summed E-state index contributed by atoms with van der Waals surface area (Å²) in [6, 6.07) is 3.91. The molecule has 1 aliphatic carbocycles. The molecule has 0 aliphatic heterocycles. The number of ether oxygens (including phenoxy) is 1. The Balaban J connectivity index is 2.47. The number of nitrogens with two attached hydrogens (primary N) is 1. The zero-order chi connectivity index (χ0) is 15.0. The number of benzene rings is 1. The second kappa shape index (κ2) is 5.26. The molecular weight excluding hydrogens is 271 g/mol. The molecule has 0 radical (unpaired) electrons. The SMILES string of the molecule is COc1c(C(F)(F)F)cccc1C1(N)CCC(O)CC1. The van der Waals surface area contributed by atoms with Gasteiger partial charge in [0.1, 0.15) is 5.75 Å². The van der Waals surface area contributed by atoms with E-state index in [1.807, 2.05) is 0 Å². The predicted molar refractivity (Wildman–Crippen MR) is 68.3 cm³/mol. The molecule has 0 heterocycles. The van der Waals surface area contributed by atoms with Gasteiger partial charge in [-0.15, -0.1) is 0 Å². The van der Waals surface area contributed by atoms with Gasteiger partial charge >= 0.3 is 6.18 Å². The first kappa shape index (κ1) is 15.1. The molecule has 3 N–H and O–H groups in total. The van der Waals surface area contributed by atoms with Crippen LogP contribution in [0.25, 0.3) is 0 Å². The van der Waals surface area contributed by atoms with Crippen molar-refractivity contribution < 1.29 is 23.0 Å². The minimum Gasteiger partial charge on any atom is -0.496 e. The van der Waals surface area contributed by atoms with Crippen molar-refractivity contribution >= 4 is 0 Å². The van der Waals surface area contributed by atoms with Gasteiger partial charge in [0.2, 0.25) is 0 Å². The Kier molecular flexibility index (Phi) is 3.97. The maximum Gasteiger partial charge on any atom is 0.419 e. The predicted octanol–water partition coefficient (Wildman–Crippen LogP) is 2.80. The minimum absolute atomic E-state index is 0.209. The number of methoxy groups -OCH3 is 1. The van der Waals surface area contributed by atoms with Gasteiger partial charge in [0.25, 0.3) is 0 Å². The van der Waals surface area contributed by atoms with E-state index < -0.39 is 23.4 Å². The average molecular weight is 289 g/mol. The summed E-state index contributed by atoms with van der Waals surface area (Å²) in [7, 11) is 1.22. The van der Waals surface area contributed by atoms with E-state index in [0.29, 0.717) is 31.2 Å². The fourth-order valence-electron chi connectivity index (χ4n) is 2.76. The molecule has 0 amide bonds. The van der Waals surface area contributed by atoms with Gasteiger partial charge in [0, 0.05) is 11.1 Å². The van der Waals surface area contributed by atoms with Crippen molar-refractivity contribution in [2.24, 2.45) is 5.73 Å². The molecule has 6 heteroatoms. The van der Waals surface area contributed by atoms with Crippen LogP contribution < -0.4 is 10.5 Å². The molecule has 1 aromatic rings. The van der Waals surface area contributed by atoms with Gasteiger partial charge in [-0.3, -0.25) is 0 Å². The number of hydrogen-bond donors (Lipinski definition) is 2. The quantitative estimate of drug-likeness (QED) is 0.880. The van der Waals surface area contributed by atoms with Crippen LogP contribution in [0.5, 0.6) is 5.75 Å². The molecule has 3 nitrogen and oxygen atoms in total. The molecule has 1 fully saturated rings. The number of para-hydroxylation sites is 1. The monoisotopic (exact) mass is 289 g/mol. The third-order valence-corrected chi connectivity index (χ3v) is 3.91. The Morgan fingerprint density at radius 2 is 1.90 bits per heavy atom. The lowest BCUT2D eigenvalue weighted by Crippen LogP contribution is -2.42. The highest BCUT2D eigenvalue weighted by atomic mass is 19.4. The maximum atomic E-state index is 13.0. The number of rotatable bonds is 2. The van der Waals surface area contributed by atoms with E-state index in [1.165, 1.54) is 13.2 Å². The smallest absolute Gasteiger partial charge is 0.419 e. The first-order chi connectivity index (χ1) is 9.28. The van der Waals surface area contributed by atoms with E-state index >= 15 is 0 Å². The topological polar surface area (TPSA) is 55.5 Å². The van der Waals surface area contributed by atoms with Crippen molar-refractivity contribution in [1.82, 2.24) is 0 Å². The standard InChI is InChI=1S/C14H18F3NO2/c1-20-12-10(3-2-4-11(12)14(15,16)17)13(18)7-5-9(19)6-8-13/h2-4,9,19H,5-8,18H2,1H3. The fraction of sp³-hybridized carbons (Fsp3) is 0.571. The summed E-state index contributed by atoms with van der Waals surface area (Å²) in [5.41, 5.74) is 4.94. The third-order valence-electron chi connectivity index (χ3n) is 3.91. The van der Waals surface area contributed by atoms with Crippen LogP contribution in [0.2, 0.25) is 0 Å². The highest BCUT2D eigenvalue weighted by Crippen LogP contribution is 2.44. The summed E-state index contributed by atoms with van der Waals surface area (Å²) in [6.45, 7) is 0. The van der Waals surface area contributed by atoms with Crippen LogP contribution in [0, 0.1) is 0 Å². The Bertz CT molecular complexity index is 480. The molecule has 0 atom stereocenters. The van der Waals surface area contributed by atoms with Crippen LogP contribution in [0.15, 0.2) is 18.2 Å². The third kappa shape index (κ3) is 2.76. The molecule has 2 rings (SSSR count). The Labute approximate surface area is 115 Å². The van der Waals surface area contributed by atoms with Crippen molar-refractivity contribution in [3.05, 3.63) is 29.3 Å². The van der Waals surface area contributed by atoms with Gasteiger partial charge in [0.05, 0.1) is 18.8 Å². The van der Waals surface area contributed by atoms with Crippen molar-refractivity contribution in [2.45, 2.75) is 43.5 Å². The van der Waals surface area contributed by atoms with Crippen LogP contribution in [0.3, 0.4) is 0 Å². The highest BCUT2D eigenvalue weighted by molar-refractivity contribution is 5.47. The Hall–Kier alpha value is -1.27. The molecule has 20 heavy (non-hydrogen) atoms. The average Bonchev–Trinajstić information content (AvgIpc) is 2.40. The summed E-state index contributed by atoms with van der Waals surface area (Å²) in [6.07, 6.45) is -3.07. The number of aliphatic hydroxyl groups is 1. The molecule has 1 saturated carbocycles. The molecule has 0 unspecified atom stereocenters. The van der Waals surface area contributed by atoms with Gasteiger partial charge in [-0.05, 0) is 31.7 Å². The van der Waals surface area contributed by atoms with E-state index in [-0.39, 0.29) is 5.75 Å². The lowest BCUT2D eigenvalue weighted by molar-refractivity contribution is -0.138. The molecule has 1 aromatic carbocycles. The first-order valence-corrected chi connectivity index (χ1v) is 6.49. The minimum atomic E-state index is -4.48. The zero-order valence-corrected chi connectivity index (χ0v) is 11.2. The number of halogens is 3. The summed E-state index contributed by atoms with van der Waals surface area (Å²) in [5.74, 6) is -0.209. The van der Waals surface area contributed by atoms with Crippen LogP contribution >= 0.6 is 0 Å². The van der Waals surface area contributed by atoms with Crippen LogP contribution in [0.1, 0.15) is 36.8 Å². The van der Waals surface area contributed by atoms with E-state index in [9.17, 15) is 18.3 Å². The van der Waals surface area contributed by atoms with Gasteiger partial charge in [-0.1, -0.05) is 12.1 Å². The van der Waals surface area contributed by atoms with Crippen molar-refractivity contribution in [1.29, 1.82) is 0 Å². The molecule has 0 spiro atoms. The number of hydrogen-bond acceptors (Lipinski definition) is 3. The largest absolute Gasteiger partial charge is 0.496 e. The normalized spacial score (nSPS) is 27.4. The Morgan fingerprint density at radius 1 is 1.30 bits per heavy atom. The van der Waals surface area contributed by atoms with Crippen LogP contribution in [0.4, 0.5) is 13.2 Å². The fourth-order valence-corrected chi connectivity index (χ4v) is 2.76. The van der Waals surface area contributed by atoms with Crippen LogP contribution in [-0.4, -0.2) is 18.3 Å². The molecule has 0 bridgehead atoms. The number of aliphatic hydroxyl groups excluding tert-OH is 1. The summed E-state index contributed by atoms with van der Waals surface area (Å²) in [4.78, 5) is 0. The molecule has 0 aromatic heterocycles. The molecular formula is C14H18F3NO2. The first-order valence-electron chi connectivity index (χ1n) is 6.49. The molecule has 112 valence electrons. The van der Waals surface area contributed by atoms with Gasteiger partial charge in [0.15, 0.2) is 0 Å². The van der Waals surface area contributed by atoms with Gasteiger partial charge < -0.3 is 15.6 Å². The van der Waals surface area contributed by atoms with Crippen molar-refractivity contribution in [3.63, 3.8) is 0 Å². The zero-order valence-electron chi connectivity index (χ0n) is 11.2. The van der Waals surface area contributed by atoms with Gasteiger partial charge in [-0.25, -0.2) is 0 Å². The van der Waals surface area contributed by atoms with Crippen molar-refractivity contribution in [2.75, 3.05) is 7.11 Å². The Morgan fingerprint density at radius 3 is 2.40 bits per heavy atom. The van der Waals surface area contributed by atoms with Gasteiger partial charge in [-0.2, -0.15) is 13.2 Å². The summed E-state index contributed by atoms with van der Waals surface area (Å²) in [5, 5.41) is 9.53. The van der Waals surface area contributed by atoms with E-state index in [2.05, 4.69) is 0 Å². The summed E-state index contributed by atoms with van der Waals surface area (Å²) < 4.78 is 44.0. The van der Waals surface area contributed by atoms with E-state index in [1.54, 1.807) is 6.07 Å². The van der Waals surface area contributed by atoms with Crippen molar-refractivity contribution in [3.8, 4) is 5.75 Å². The number of alkyl halides is 3. The summed E-state index contributed by atoms with van der Waals surface area (Å²) >= 11 is 0. The second-order valence-corrected chi connectivity index (χ2v) is 5.27. The highest BCUT2D eigenvalue weighted by Gasteiger charge is 2.40.